The van der Waals surface area contributed by atoms with Crippen molar-refractivity contribution >= 4 is 21.6 Å². The van der Waals surface area contributed by atoms with Crippen molar-refractivity contribution in [2.75, 3.05) is 24.1 Å². The fraction of sp³-hybridized carbons (Fsp3) is 0.435. The second kappa shape index (κ2) is 10.1. The Morgan fingerprint density at radius 1 is 1.03 bits per heavy atom. The molecule has 0 spiro atoms. The van der Waals surface area contributed by atoms with Gasteiger partial charge in [-0.1, -0.05) is 49.4 Å². The molecule has 7 heteroatoms. The van der Waals surface area contributed by atoms with E-state index in [0.29, 0.717) is 17.8 Å². The van der Waals surface area contributed by atoms with Gasteiger partial charge in [0.25, 0.3) is 0 Å². The smallest absolute Gasteiger partial charge is 0.229 e. The van der Waals surface area contributed by atoms with Gasteiger partial charge in [0.2, 0.25) is 15.9 Å². The summed E-state index contributed by atoms with van der Waals surface area (Å²) in [4.78, 5) is 14.9. The number of likely N-dealkylation sites (tertiary alicyclic amines) is 1. The molecular formula is C23H31N3O3S. The molecule has 30 heavy (non-hydrogen) atoms. The summed E-state index contributed by atoms with van der Waals surface area (Å²) in [5.41, 5.74) is 3.42. The number of sulfonamides is 1. The fourth-order valence-corrected chi connectivity index (χ4v) is 4.25. The zero-order valence-corrected chi connectivity index (χ0v) is 18.5. The van der Waals surface area contributed by atoms with Crippen molar-refractivity contribution in [1.29, 1.82) is 0 Å². The monoisotopic (exact) mass is 429 g/mol. The first kappa shape index (κ1) is 22.3. The molecule has 0 radical (unpaired) electrons. The molecule has 0 unspecified atom stereocenters. The van der Waals surface area contributed by atoms with Crippen LogP contribution in [-0.2, 0) is 34.3 Å². The van der Waals surface area contributed by atoms with Gasteiger partial charge in [-0.3, -0.25) is 14.4 Å². The maximum Gasteiger partial charge on any atom is 0.229 e. The van der Waals surface area contributed by atoms with Crippen molar-refractivity contribution in [3.63, 3.8) is 0 Å². The predicted molar refractivity (Wildman–Crippen MR) is 121 cm³/mol. The summed E-state index contributed by atoms with van der Waals surface area (Å²) in [5.74, 6) is 0.686. The molecule has 3 rings (SSSR count). The summed E-state index contributed by atoms with van der Waals surface area (Å²) < 4.78 is 25.5. The molecule has 0 aromatic heterocycles. The molecule has 0 saturated carbocycles. The highest BCUT2D eigenvalue weighted by Gasteiger charge is 2.15. The van der Waals surface area contributed by atoms with E-state index in [2.05, 4.69) is 46.1 Å². The Hall–Kier alpha value is -2.38. The van der Waals surface area contributed by atoms with Crippen molar-refractivity contribution in [1.82, 2.24) is 10.2 Å². The minimum Gasteiger partial charge on any atom is -0.352 e. The number of piperidine rings is 1. The lowest BCUT2D eigenvalue weighted by molar-refractivity contribution is -0.120. The van der Waals surface area contributed by atoms with E-state index in [4.69, 9.17) is 0 Å². The highest BCUT2D eigenvalue weighted by atomic mass is 32.2. The summed E-state index contributed by atoms with van der Waals surface area (Å²) in [7, 11) is -3.39. The van der Waals surface area contributed by atoms with E-state index in [1.807, 2.05) is 0 Å². The van der Waals surface area contributed by atoms with Crippen LogP contribution in [-0.4, -0.2) is 38.6 Å². The molecule has 2 N–H and O–H groups in total. The Morgan fingerprint density at radius 2 is 1.67 bits per heavy atom. The molecule has 1 amide bonds. The molecule has 6 nitrogen and oxygen atoms in total. The summed E-state index contributed by atoms with van der Waals surface area (Å²) in [5, 5.41) is 2.92. The zero-order valence-electron chi connectivity index (χ0n) is 17.7. The Morgan fingerprint density at radius 3 is 2.33 bits per heavy atom. The summed E-state index contributed by atoms with van der Waals surface area (Å²) in [6.45, 7) is 6.07. The fourth-order valence-electron chi connectivity index (χ4n) is 3.65. The van der Waals surface area contributed by atoms with E-state index < -0.39 is 10.0 Å². The summed E-state index contributed by atoms with van der Waals surface area (Å²) in [6.07, 6.45) is 3.75. The van der Waals surface area contributed by atoms with Crippen LogP contribution in [0.15, 0.2) is 48.5 Å². The van der Waals surface area contributed by atoms with Gasteiger partial charge >= 0.3 is 0 Å². The third kappa shape index (κ3) is 7.15. The second-order valence-corrected chi connectivity index (χ2v) is 10.0. The molecule has 0 aliphatic carbocycles. The van der Waals surface area contributed by atoms with Gasteiger partial charge in [-0.25, -0.2) is 8.42 Å². The molecule has 1 heterocycles. The SMILES string of the molecule is CC1CCN(Cc2ccc(CNC(=O)Cc3ccccc3NS(C)(=O)=O)cc2)CC1. The second-order valence-electron chi connectivity index (χ2n) is 8.26. The molecule has 0 bridgehead atoms. The number of nitrogens with one attached hydrogen (secondary N) is 2. The van der Waals surface area contributed by atoms with Crippen LogP contribution >= 0.6 is 0 Å². The highest BCUT2D eigenvalue weighted by molar-refractivity contribution is 7.92. The molecule has 1 fully saturated rings. The molecular weight excluding hydrogens is 398 g/mol. The Kier molecular flexibility index (Phi) is 7.50. The average Bonchev–Trinajstić information content (AvgIpc) is 2.70. The first-order valence-corrected chi connectivity index (χ1v) is 12.3. The number of hydrogen-bond acceptors (Lipinski definition) is 4. The van der Waals surface area contributed by atoms with Gasteiger partial charge in [-0.15, -0.1) is 0 Å². The molecule has 2 aromatic rings. The van der Waals surface area contributed by atoms with Gasteiger partial charge in [0.15, 0.2) is 0 Å². The quantitative estimate of drug-likeness (QED) is 0.676. The van der Waals surface area contributed by atoms with Gasteiger partial charge < -0.3 is 5.32 Å². The van der Waals surface area contributed by atoms with Gasteiger partial charge in [0.1, 0.15) is 0 Å². The van der Waals surface area contributed by atoms with Crippen LogP contribution in [0.1, 0.15) is 36.5 Å². The van der Waals surface area contributed by atoms with Crippen molar-refractivity contribution in [3.05, 3.63) is 65.2 Å². The van der Waals surface area contributed by atoms with E-state index in [1.165, 1.54) is 18.4 Å². The third-order valence-electron chi connectivity index (χ3n) is 5.46. The number of benzene rings is 2. The summed E-state index contributed by atoms with van der Waals surface area (Å²) in [6, 6.07) is 15.3. The minimum absolute atomic E-state index is 0.115. The average molecular weight is 430 g/mol. The van der Waals surface area contributed by atoms with Crippen molar-refractivity contribution in [2.45, 2.75) is 39.3 Å². The number of nitrogens with zero attached hydrogens (tertiary/aromatic N) is 1. The normalized spacial score (nSPS) is 15.7. The number of carbonyl (C=O) groups is 1. The summed E-state index contributed by atoms with van der Waals surface area (Å²) >= 11 is 0. The van der Waals surface area contributed by atoms with Crippen LogP contribution in [0.2, 0.25) is 0 Å². The number of para-hydroxylation sites is 1. The molecule has 1 aliphatic rings. The Balaban J connectivity index is 1.49. The maximum absolute atomic E-state index is 12.4. The van der Waals surface area contributed by atoms with Gasteiger partial charge in [0, 0.05) is 13.1 Å². The molecule has 162 valence electrons. The Bertz CT molecular complexity index is 950. The lowest BCUT2D eigenvalue weighted by Gasteiger charge is -2.30. The molecule has 0 atom stereocenters. The van der Waals surface area contributed by atoms with Gasteiger partial charge in [-0.05, 0) is 54.6 Å². The van der Waals surface area contributed by atoms with Crippen LogP contribution in [0.25, 0.3) is 0 Å². The number of amides is 1. The van der Waals surface area contributed by atoms with Crippen LogP contribution in [0.3, 0.4) is 0 Å². The van der Waals surface area contributed by atoms with Crippen LogP contribution < -0.4 is 10.0 Å². The Labute approximate surface area is 179 Å². The van der Waals surface area contributed by atoms with Crippen molar-refractivity contribution < 1.29 is 13.2 Å². The van der Waals surface area contributed by atoms with Crippen molar-refractivity contribution in [3.8, 4) is 0 Å². The number of anilines is 1. The molecule has 1 saturated heterocycles. The van der Waals surface area contributed by atoms with E-state index in [-0.39, 0.29) is 12.3 Å². The molecule has 1 aliphatic heterocycles. The van der Waals surface area contributed by atoms with E-state index in [0.717, 1.165) is 37.4 Å². The van der Waals surface area contributed by atoms with Crippen LogP contribution in [0.4, 0.5) is 5.69 Å². The maximum atomic E-state index is 12.4. The number of carbonyl (C=O) groups excluding carboxylic acids is 1. The van der Waals surface area contributed by atoms with E-state index in [9.17, 15) is 13.2 Å². The minimum atomic E-state index is -3.39. The van der Waals surface area contributed by atoms with Crippen LogP contribution in [0, 0.1) is 5.92 Å². The van der Waals surface area contributed by atoms with Crippen LogP contribution in [0.5, 0.6) is 0 Å². The number of rotatable bonds is 8. The first-order valence-electron chi connectivity index (χ1n) is 10.4. The topological polar surface area (TPSA) is 78.5 Å². The molecule has 2 aromatic carbocycles. The first-order chi connectivity index (χ1) is 14.3. The number of hydrogen-bond donors (Lipinski definition) is 2. The lowest BCUT2D eigenvalue weighted by Crippen LogP contribution is -2.32. The van der Waals surface area contributed by atoms with Gasteiger partial charge in [0.05, 0.1) is 18.4 Å². The lowest BCUT2D eigenvalue weighted by atomic mass is 9.99. The predicted octanol–water partition coefficient (Wildman–Crippen LogP) is 3.15. The van der Waals surface area contributed by atoms with Crippen molar-refractivity contribution in [2.24, 2.45) is 5.92 Å². The third-order valence-corrected chi connectivity index (χ3v) is 6.05. The largest absolute Gasteiger partial charge is 0.352 e. The zero-order chi connectivity index (χ0) is 21.6. The van der Waals surface area contributed by atoms with E-state index in [1.54, 1.807) is 24.3 Å². The standard InChI is InChI=1S/C23H31N3O3S/c1-18-11-13-26(14-12-18)17-20-9-7-19(8-10-20)16-24-23(27)15-21-5-3-4-6-22(21)25-30(2,28)29/h3-10,18,25H,11-17H2,1-2H3,(H,24,27). The highest BCUT2D eigenvalue weighted by Crippen LogP contribution is 2.19. The van der Waals surface area contributed by atoms with E-state index >= 15 is 0 Å². The van der Waals surface area contributed by atoms with Gasteiger partial charge in [-0.2, -0.15) is 0 Å².